The van der Waals surface area contributed by atoms with E-state index in [4.69, 9.17) is 0 Å². The second kappa shape index (κ2) is 6.41. The van der Waals surface area contributed by atoms with E-state index in [-0.39, 0.29) is 5.91 Å². The maximum Gasteiger partial charge on any atom is 0.289 e. The number of benzene rings is 2. The minimum atomic E-state index is -0.251. The molecule has 0 bridgehead atoms. The fraction of sp³-hybridized carbons (Fsp3) is 0.0588. The number of hydrogen-bond donors (Lipinski definition) is 2. The van der Waals surface area contributed by atoms with Gasteiger partial charge in [-0.25, -0.2) is 4.98 Å². The number of aromatic nitrogens is 1. The van der Waals surface area contributed by atoms with Crippen LogP contribution in [0.2, 0.25) is 0 Å². The predicted octanol–water partition coefficient (Wildman–Crippen LogP) is 3.88. The number of hydrazine groups is 1. The van der Waals surface area contributed by atoms with E-state index in [0.717, 1.165) is 16.3 Å². The van der Waals surface area contributed by atoms with Gasteiger partial charge < -0.3 is 0 Å². The lowest BCUT2D eigenvalue weighted by Gasteiger charge is -2.07. The summed E-state index contributed by atoms with van der Waals surface area (Å²) in [6, 6.07) is 17.6. The molecule has 0 aliphatic heterocycles. The molecule has 0 saturated carbocycles. The Morgan fingerprint density at radius 2 is 1.77 bits per heavy atom. The van der Waals surface area contributed by atoms with E-state index in [1.807, 2.05) is 61.5 Å². The zero-order valence-corrected chi connectivity index (χ0v) is 12.9. The Balaban J connectivity index is 1.66. The predicted molar refractivity (Wildman–Crippen MR) is 89.8 cm³/mol. The molecule has 0 radical (unpaired) electrons. The molecule has 0 aliphatic rings. The molecule has 1 amide bonds. The average molecular weight is 309 g/mol. The molecule has 0 unspecified atom stereocenters. The highest BCUT2D eigenvalue weighted by Crippen LogP contribution is 2.23. The Bertz CT molecular complexity index is 766. The summed E-state index contributed by atoms with van der Waals surface area (Å²) in [5.41, 5.74) is 8.96. The first-order valence-electron chi connectivity index (χ1n) is 6.86. The van der Waals surface area contributed by atoms with Crippen molar-refractivity contribution in [3.63, 3.8) is 0 Å². The van der Waals surface area contributed by atoms with Crippen molar-refractivity contribution < 1.29 is 4.79 Å². The van der Waals surface area contributed by atoms with Crippen LogP contribution in [-0.2, 0) is 0 Å². The van der Waals surface area contributed by atoms with E-state index in [1.165, 1.54) is 16.9 Å². The van der Waals surface area contributed by atoms with Crippen molar-refractivity contribution in [1.82, 2.24) is 10.4 Å². The van der Waals surface area contributed by atoms with Crippen LogP contribution < -0.4 is 10.9 Å². The van der Waals surface area contributed by atoms with Crippen molar-refractivity contribution >= 4 is 22.9 Å². The highest BCUT2D eigenvalue weighted by Gasteiger charge is 2.11. The number of amides is 1. The molecule has 0 saturated heterocycles. The standard InChI is InChI=1S/C17H15N3OS/c1-12-7-9-14(10-8-12)19-20-16(21)15-11-22-17(18-15)13-5-3-2-4-6-13/h2-11,19H,1H3,(H,20,21). The summed E-state index contributed by atoms with van der Waals surface area (Å²) in [5, 5.41) is 2.59. The van der Waals surface area contributed by atoms with Gasteiger partial charge in [-0.3, -0.25) is 15.6 Å². The van der Waals surface area contributed by atoms with E-state index in [1.54, 1.807) is 5.38 Å². The summed E-state index contributed by atoms with van der Waals surface area (Å²) in [6.45, 7) is 2.02. The van der Waals surface area contributed by atoms with E-state index in [0.29, 0.717) is 5.69 Å². The van der Waals surface area contributed by atoms with Gasteiger partial charge in [0.05, 0.1) is 5.69 Å². The van der Waals surface area contributed by atoms with Crippen molar-refractivity contribution in [2.75, 3.05) is 5.43 Å². The van der Waals surface area contributed by atoms with Crippen LogP contribution in [0.1, 0.15) is 16.1 Å². The Morgan fingerprint density at radius 1 is 1.05 bits per heavy atom. The van der Waals surface area contributed by atoms with Gasteiger partial charge in [0.15, 0.2) is 0 Å². The largest absolute Gasteiger partial charge is 0.298 e. The lowest BCUT2D eigenvalue weighted by Crippen LogP contribution is -2.29. The number of thiazole rings is 1. The molecule has 2 N–H and O–H groups in total. The van der Waals surface area contributed by atoms with E-state index in [2.05, 4.69) is 15.8 Å². The SMILES string of the molecule is Cc1ccc(NNC(=O)c2csc(-c3ccccc3)n2)cc1. The van der Waals surface area contributed by atoms with Crippen LogP contribution in [0.5, 0.6) is 0 Å². The van der Waals surface area contributed by atoms with Crippen molar-refractivity contribution in [3.05, 3.63) is 71.2 Å². The lowest BCUT2D eigenvalue weighted by atomic mass is 10.2. The number of anilines is 1. The van der Waals surface area contributed by atoms with Gasteiger partial charge in [0, 0.05) is 10.9 Å². The summed E-state index contributed by atoms with van der Waals surface area (Å²) in [5.74, 6) is -0.251. The second-order valence-electron chi connectivity index (χ2n) is 4.85. The fourth-order valence-corrected chi connectivity index (χ4v) is 2.73. The second-order valence-corrected chi connectivity index (χ2v) is 5.71. The minimum Gasteiger partial charge on any atom is -0.298 e. The van der Waals surface area contributed by atoms with Crippen molar-refractivity contribution in [2.45, 2.75) is 6.92 Å². The smallest absolute Gasteiger partial charge is 0.289 e. The van der Waals surface area contributed by atoms with Crippen molar-refractivity contribution in [1.29, 1.82) is 0 Å². The van der Waals surface area contributed by atoms with E-state index < -0.39 is 0 Å². The molecular formula is C17H15N3OS. The van der Waals surface area contributed by atoms with Crippen LogP contribution in [0, 0.1) is 6.92 Å². The fourth-order valence-electron chi connectivity index (χ4n) is 1.92. The number of carbonyl (C=O) groups excluding carboxylic acids is 1. The summed E-state index contributed by atoms with van der Waals surface area (Å²) in [6.07, 6.45) is 0. The molecule has 1 aromatic heterocycles. The van der Waals surface area contributed by atoms with Crippen LogP contribution in [0.25, 0.3) is 10.6 Å². The number of nitrogens with one attached hydrogen (secondary N) is 2. The Hall–Kier alpha value is -2.66. The Morgan fingerprint density at radius 3 is 2.50 bits per heavy atom. The van der Waals surface area contributed by atoms with Gasteiger partial charge in [0.25, 0.3) is 5.91 Å². The maximum absolute atomic E-state index is 12.1. The molecule has 110 valence electrons. The first kappa shape index (κ1) is 14.3. The molecule has 0 fully saturated rings. The molecule has 1 heterocycles. The lowest BCUT2D eigenvalue weighted by molar-refractivity contribution is 0.0958. The number of rotatable bonds is 4. The number of aryl methyl sites for hydroxylation is 1. The van der Waals surface area contributed by atoms with Gasteiger partial charge in [-0.05, 0) is 19.1 Å². The zero-order chi connectivity index (χ0) is 15.4. The summed E-state index contributed by atoms with van der Waals surface area (Å²) in [7, 11) is 0. The topological polar surface area (TPSA) is 54.0 Å². The van der Waals surface area contributed by atoms with Crippen LogP contribution in [0.15, 0.2) is 60.0 Å². The molecule has 0 atom stereocenters. The highest BCUT2D eigenvalue weighted by atomic mass is 32.1. The number of hydrogen-bond acceptors (Lipinski definition) is 4. The molecule has 4 nitrogen and oxygen atoms in total. The monoisotopic (exact) mass is 309 g/mol. The van der Waals surface area contributed by atoms with Crippen molar-refractivity contribution in [3.8, 4) is 10.6 Å². The maximum atomic E-state index is 12.1. The van der Waals surface area contributed by atoms with Gasteiger partial charge in [0.1, 0.15) is 10.7 Å². The zero-order valence-electron chi connectivity index (χ0n) is 12.0. The quantitative estimate of drug-likeness (QED) is 0.719. The number of nitrogens with zero attached hydrogens (tertiary/aromatic N) is 1. The Kier molecular flexibility index (Phi) is 4.16. The molecular weight excluding hydrogens is 294 g/mol. The van der Waals surface area contributed by atoms with Crippen LogP contribution >= 0.6 is 11.3 Å². The van der Waals surface area contributed by atoms with Gasteiger partial charge in [0.2, 0.25) is 0 Å². The van der Waals surface area contributed by atoms with E-state index in [9.17, 15) is 4.79 Å². The summed E-state index contributed by atoms with van der Waals surface area (Å²) in [4.78, 5) is 16.5. The first-order valence-corrected chi connectivity index (χ1v) is 7.74. The molecule has 3 aromatic rings. The molecule has 3 rings (SSSR count). The van der Waals surface area contributed by atoms with Gasteiger partial charge >= 0.3 is 0 Å². The van der Waals surface area contributed by atoms with E-state index >= 15 is 0 Å². The van der Waals surface area contributed by atoms with Crippen LogP contribution in [0.4, 0.5) is 5.69 Å². The molecule has 0 aliphatic carbocycles. The van der Waals surface area contributed by atoms with Crippen molar-refractivity contribution in [2.24, 2.45) is 0 Å². The summed E-state index contributed by atoms with van der Waals surface area (Å²) < 4.78 is 0. The third-order valence-corrected chi connectivity index (χ3v) is 4.02. The normalized spacial score (nSPS) is 10.2. The first-order chi connectivity index (χ1) is 10.7. The molecule has 22 heavy (non-hydrogen) atoms. The average Bonchev–Trinajstić information content (AvgIpc) is 3.05. The summed E-state index contributed by atoms with van der Waals surface area (Å²) >= 11 is 1.45. The Labute approximate surface area is 132 Å². The molecule has 2 aromatic carbocycles. The third-order valence-electron chi connectivity index (χ3n) is 3.13. The van der Waals surface area contributed by atoms with Gasteiger partial charge in [-0.2, -0.15) is 0 Å². The molecule has 5 heteroatoms. The number of carbonyl (C=O) groups is 1. The minimum absolute atomic E-state index is 0.251. The van der Waals surface area contributed by atoms with Crippen LogP contribution in [0.3, 0.4) is 0 Å². The van der Waals surface area contributed by atoms with Gasteiger partial charge in [-0.1, -0.05) is 48.0 Å². The highest BCUT2D eigenvalue weighted by molar-refractivity contribution is 7.13. The van der Waals surface area contributed by atoms with Crippen LogP contribution in [-0.4, -0.2) is 10.9 Å². The van der Waals surface area contributed by atoms with Gasteiger partial charge in [-0.15, -0.1) is 11.3 Å². The molecule has 0 spiro atoms. The third kappa shape index (κ3) is 3.32.